The van der Waals surface area contributed by atoms with Crippen molar-refractivity contribution in [3.63, 3.8) is 0 Å². The van der Waals surface area contributed by atoms with Crippen molar-refractivity contribution in [2.45, 2.75) is 31.6 Å². The average molecular weight is 507 g/mol. The van der Waals surface area contributed by atoms with Crippen molar-refractivity contribution in [1.82, 2.24) is 4.31 Å². The maximum Gasteiger partial charge on any atom is 0.335 e. The number of nitrogens with zero attached hydrogens (tertiary/aromatic N) is 1. The smallest absolute Gasteiger partial charge is 0.335 e. The second-order valence-electron chi connectivity index (χ2n) is 4.23. The van der Waals surface area contributed by atoms with Crippen LogP contribution in [0.4, 0.5) is 0 Å². The summed E-state index contributed by atoms with van der Waals surface area (Å²) in [6.07, 6.45) is 1.48. The molecule has 0 unspecified atom stereocenters. The van der Waals surface area contributed by atoms with Crippen molar-refractivity contribution >= 4 is 16.0 Å². The van der Waals surface area contributed by atoms with E-state index in [-0.39, 0.29) is 64.2 Å². The van der Waals surface area contributed by atoms with Gasteiger partial charge in [-0.15, -0.1) is 0 Å². The van der Waals surface area contributed by atoms with E-state index < -0.39 is 16.0 Å². The van der Waals surface area contributed by atoms with Gasteiger partial charge in [-0.3, -0.25) is 0 Å². The van der Waals surface area contributed by atoms with Gasteiger partial charge in [0.25, 0.3) is 0 Å². The number of carboxylic acid groups (broad SMARTS) is 1. The maximum absolute atomic E-state index is 12.4. The van der Waals surface area contributed by atoms with Gasteiger partial charge < -0.3 is 21.5 Å². The standard InChI is InChI=1S/C13H19NO4S.Er.3H2O/c1-3-9-14(10-4-2)19(17,18)12-7-5-11(6-8-12)13(15)16;;;;/h5-8H,3-4,9-10H2,1-2H3,(H,15,16);;3*1H2. The van der Waals surface area contributed by atoms with E-state index in [1.165, 1.54) is 28.6 Å². The van der Waals surface area contributed by atoms with Crippen molar-refractivity contribution in [3.05, 3.63) is 29.8 Å². The molecular formula is C13H25ErNO7S. The summed E-state index contributed by atoms with van der Waals surface area (Å²) in [5.74, 6) is -1.07. The second-order valence-corrected chi connectivity index (χ2v) is 6.17. The molecule has 23 heavy (non-hydrogen) atoms. The number of carbonyl (C=O) groups is 1. The molecule has 0 heterocycles. The summed E-state index contributed by atoms with van der Waals surface area (Å²) in [5, 5.41) is 8.80. The van der Waals surface area contributed by atoms with Crippen molar-refractivity contribution in [2.24, 2.45) is 0 Å². The number of sulfonamides is 1. The summed E-state index contributed by atoms with van der Waals surface area (Å²) in [4.78, 5) is 10.9. The molecule has 1 rings (SSSR count). The topological polar surface area (TPSA) is 169 Å². The Bertz CT molecular complexity index is 528. The van der Waals surface area contributed by atoms with Gasteiger partial charge in [-0.2, -0.15) is 4.31 Å². The molecule has 1 aromatic rings. The Morgan fingerprint density at radius 2 is 1.39 bits per heavy atom. The van der Waals surface area contributed by atoms with E-state index >= 15 is 0 Å². The summed E-state index contributed by atoms with van der Waals surface area (Å²) < 4.78 is 26.2. The number of benzene rings is 1. The molecule has 0 amide bonds. The normalized spacial score (nSPS) is 9.70. The van der Waals surface area contributed by atoms with Crippen LogP contribution in [0.5, 0.6) is 0 Å². The number of carboxylic acids is 1. The summed E-state index contributed by atoms with van der Waals surface area (Å²) in [6.45, 7) is 4.78. The van der Waals surface area contributed by atoms with E-state index in [4.69, 9.17) is 5.11 Å². The van der Waals surface area contributed by atoms with Crippen molar-refractivity contribution in [3.8, 4) is 0 Å². The molecule has 0 saturated heterocycles. The molecule has 0 aliphatic heterocycles. The minimum absolute atomic E-state index is 0. The zero-order chi connectivity index (χ0) is 14.5. The van der Waals surface area contributed by atoms with Gasteiger partial charge in [0.1, 0.15) is 0 Å². The summed E-state index contributed by atoms with van der Waals surface area (Å²) >= 11 is 0. The predicted octanol–water partition coefficient (Wildman–Crippen LogP) is -0.279. The molecular weight excluding hydrogens is 481 g/mol. The molecule has 7 N–H and O–H groups in total. The molecule has 8 nitrogen and oxygen atoms in total. The molecule has 0 spiro atoms. The fourth-order valence-electron chi connectivity index (χ4n) is 1.77. The third-order valence-electron chi connectivity index (χ3n) is 2.69. The minimum Gasteiger partial charge on any atom is -0.478 e. The van der Waals surface area contributed by atoms with Crippen LogP contribution < -0.4 is 0 Å². The summed E-state index contributed by atoms with van der Waals surface area (Å²) in [7, 11) is -3.53. The van der Waals surface area contributed by atoms with Crippen molar-refractivity contribution in [1.29, 1.82) is 0 Å². The Morgan fingerprint density at radius 3 is 1.70 bits per heavy atom. The Hall–Kier alpha value is -0.273. The van der Waals surface area contributed by atoms with Crippen LogP contribution in [0, 0.1) is 37.3 Å². The fourth-order valence-corrected chi connectivity index (χ4v) is 3.39. The first-order valence-corrected chi connectivity index (χ1v) is 7.71. The van der Waals surface area contributed by atoms with Gasteiger partial charge >= 0.3 is 5.97 Å². The van der Waals surface area contributed by atoms with Gasteiger partial charge in [-0.05, 0) is 37.1 Å². The third kappa shape index (κ3) is 8.40. The second kappa shape index (κ2) is 14.1. The van der Waals surface area contributed by atoms with Crippen LogP contribution >= 0.6 is 0 Å². The number of hydrogen-bond donors (Lipinski definition) is 1. The largest absolute Gasteiger partial charge is 0.478 e. The molecule has 0 fully saturated rings. The summed E-state index contributed by atoms with van der Waals surface area (Å²) in [6, 6.07) is 5.31. The van der Waals surface area contributed by atoms with E-state index in [0.717, 1.165) is 12.8 Å². The van der Waals surface area contributed by atoms with Gasteiger partial charge in [0.15, 0.2) is 0 Å². The van der Waals surface area contributed by atoms with Crippen LogP contribution in [0.3, 0.4) is 0 Å². The molecule has 0 saturated carbocycles. The van der Waals surface area contributed by atoms with Crippen LogP contribution in [0.15, 0.2) is 29.2 Å². The SMILES string of the molecule is CCCN(CCC)S(=O)(=O)c1ccc(C(=O)O)cc1.O.O.O.[Er]. The Labute approximate surface area is 166 Å². The van der Waals surface area contributed by atoms with E-state index in [0.29, 0.717) is 13.1 Å². The van der Waals surface area contributed by atoms with Gasteiger partial charge in [-0.25, -0.2) is 13.2 Å². The van der Waals surface area contributed by atoms with Crippen LogP contribution in [-0.4, -0.2) is 53.3 Å². The molecule has 1 aromatic carbocycles. The summed E-state index contributed by atoms with van der Waals surface area (Å²) in [5.41, 5.74) is 0.0801. The number of rotatable bonds is 7. The average Bonchev–Trinajstić information content (AvgIpc) is 2.38. The molecule has 10 heteroatoms. The fraction of sp³-hybridized carbons (Fsp3) is 0.462. The molecule has 0 atom stereocenters. The molecule has 0 aliphatic rings. The molecule has 0 radical (unpaired) electrons. The number of aromatic carboxylic acids is 1. The van der Waals surface area contributed by atoms with E-state index in [2.05, 4.69) is 0 Å². The molecule has 0 aromatic heterocycles. The molecule has 0 bridgehead atoms. The molecule has 142 valence electrons. The van der Waals surface area contributed by atoms with Crippen LogP contribution in [0.1, 0.15) is 37.0 Å². The first-order valence-electron chi connectivity index (χ1n) is 6.27. The van der Waals surface area contributed by atoms with Crippen LogP contribution in [0.25, 0.3) is 0 Å². The van der Waals surface area contributed by atoms with Gasteiger partial charge in [0.2, 0.25) is 10.0 Å². The zero-order valence-corrected chi connectivity index (χ0v) is 15.6. The van der Waals surface area contributed by atoms with E-state index in [1.54, 1.807) is 0 Å². The number of hydrogen-bond acceptors (Lipinski definition) is 3. The third-order valence-corrected chi connectivity index (χ3v) is 4.60. The van der Waals surface area contributed by atoms with Crippen LogP contribution in [0.2, 0.25) is 0 Å². The quantitative estimate of drug-likeness (QED) is 0.537. The zero-order valence-electron chi connectivity index (χ0n) is 13.0. The first kappa shape index (κ1) is 30.6. The Morgan fingerprint density at radius 1 is 1.00 bits per heavy atom. The van der Waals surface area contributed by atoms with E-state index in [1.807, 2.05) is 13.8 Å². The maximum atomic E-state index is 12.4. The van der Waals surface area contributed by atoms with Crippen LogP contribution in [-0.2, 0) is 10.0 Å². The van der Waals surface area contributed by atoms with Gasteiger partial charge in [0.05, 0.1) is 10.5 Å². The van der Waals surface area contributed by atoms with E-state index in [9.17, 15) is 13.2 Å². The Balaban J connectivity index is -0.000000451. The van der Waals surface area contributed by atoms with Crippen molar-refractivity contribution < 1.29 is 72.1 Å². The van der Waals surface area contributed by atoms with Crippen molar-refractivity contribution in [2.75, 3.05) is 13.1 Å². The predicted molar refractivity (Wildman–Crippen MR) is 83.6 cm³/mol. The molecule has 0 aliphatic carbocycles. The monoisotopic (exact) mass is 505 g/mol. The van der Waals surface area contributed by atoms with Gasteiger partial charge in [-0.1, -0.05) is 13.8 Å². The minimum atomic E-state index is -3.53. The Kier molecular flexibility index (Phi) is 18.8. The first-order chi connectivity index (χ1) is 8.93. The van der Waals surface area contributed by atoms with Gasteiger partial charge in [0, 0.05) is 50.4 Å².